The molecule has 10 heteroatoms. The zero-order valence-electron chi connectivity index (χ0n) is 18.4. The van der Waals surface area contributed by atoms with Crippen LogP contribution in [0.25, 0.3) is 0 Å². The molecule has 0 bridgehead atoms. The van der Waals surface area contributed by atoms with E-state index in [0.29, 0.717) is 12.1 Å². The molecular weight excluding hydrogens is 437 g/mol. The Balaban J connectivity index is 1.51. The van der Waals surface area contributed by atoms with Crippen molar-refractivity contribution in [2.45, 2.75) is 30.3 Å². The first kappa shape index (κ1) is 24.1. The van der Waals surface area contributed by atoms with Crippen molar-refractivity contribution in [1.82, 2.24) is 14.7 Å². The maximum absolute atomic E-state index is 13.9. The van der Waals surface area contributed by atoms with Gasteiger partial charge in [-0.1, -0.05) is 10.5 Å². The number of nitrogens with zero attached hydrogens (tertiary/aromatic N) is 2. The third kappa shape index (κ3) is 5.63. The average Bonchev–Trinajstić information content (AvgIpc) is 2.80. The van der Waals surface area contributed by atoms with Crippen LogP contribution in [0.2, 0.25) is 0 Å². The summed E-state index contributed by atoms with van der Waals surface area (Å²) in [5, 5.41) is 3.01. The van der Waals surface area contributed by atoms with E-state index in [0.717, 1.165) is 36.0 Å². The highest BCUT2D eigenvalue weighted by molar-refractivity contribution is 7.89. The van der Waals surface area contributed by atoms with E-state index < -0.39 is 10.0 Å². The van der Waals surface area contributed by atoms with Crippen molar-refractivity contribution in [3.63, 3.8) is 0 Å². The van der Waals surface area contributed by atoms with Crippen LogP contribution in [0, 0.1) is 5.82 Å². The van der Waals surface area contributed by atoms with Gasteiger partial charge in [0.25, 0.3) is 15.9 Å². The fraction of sp³-hybridized carbons (Fsp3) is 0.409. The number of rotatable bonds is 8. The number of carbonyl (C=O) groups excluding carboxylic acids is 1. The lowest BCUT2D eigenvalue weighted by Gasteiger charge is -2.32. The molecule has 2 aromatic rings. The second-order valence-electron chi connectivity index (χ2n) is 7.61. The molecule has 174 valence electrons. The number of hydrogen-bond acceptors (Lipinski definition) is 6. The highest BCUT2D eigenvalue weighted by Crippen LogP contribution is 2.21. The third-order valence-electron chi connectivity index (χ3n) is 5.56. The average molecular weight is 466 g/mol. The van der Waals surface area contributed by atoms with E-state index in [1.54, 1.807) is 6.07 Å². The molecule has 0 aromatic heterocycles. The highest BCUT2D eigenvalue weighted by atomic mass is 32.2. The van der Waals surface area contributed by atoms with Gasteiger partial charge in [-0.3, -0.25) is 14.5 Å². The minimum Gasteiger partial charge on any atom is -0.494 e. The SMILES string of the molecule is COc1ccc(CN2CCC(NC(=O)c3ccc(S(=O)(=O)N(C)OC)cc3)CC2)cc1F. The van der Waals surface area contributed by atoms with Crippen LogP contribution in [-0.4, -0.2) is 64.1 Å². The zero-order chi connectivity index (χ0) is 23.3. The van der Waals surface area contributed by atoms with Crippen LogP contribution in [0.3, 0.4) is 0 Å². The number of hydroxylamine groups is 1. The Morgan fingerprint density at radius 1 is 1.16 bits per heavy atom. The maximum atomic E-state index is 13.9. The molecule has 1 aliphatic heterocycles. The quantitative estimate of drug-likeness (QED) is 0.603. The highest BCUT2D eigenvalue weighted by Gasteiger charge is 2.23. The molecule has 0 radical (unpaired) electrons. The second-order valence-corrected chi connectivity index (χ2v) is 9.55. The summed E-state index contributed by atoms with van der Waals surface area (Å²) in [6, 6.07) is 10.7. The van der Waals surface area contributed by atoms with Gasteiger partial charge in [-0.15, -0.1) is 0 Å². The molecular formula is C22H28FN3O5S. The zero-order valence-corrected chi connectivity index (χ0v) is 19.2. The standard InChI is InChI=1S/C22H28FN3O5S/c1-25(31-3)32(28,29)19-7-5-17(6-8-19)22(27)24-18-10-12-26(13-11-18)15-16-4-9-21(30-2)20(23)14-16/h4-9,14,18H,10-13,15H2,1-3H3,(H,24,27). The summed E-state index contributed by atoms with van der Waals surface area (Å²) in [7, 11) is 0.247. The van der Waals surface area contributed by atoms with Crippen LogP contribution in [-0.2, 0) is 21.4 Å². The Morgan fingerprint density at radius 3 is 2.38 bits per heavy atom. The maximum Gasteiger partial charge on any atom is 0.264 e. The Bertz CT molecular complexity index is 1040. The molecule has 8 nitrogen and oxygen atoms in total. The van der Waals surface area contributed by atoms with Crippen LogP contribution < -0.4 is 10.1 Å². The van der Waals surface area contributed by atoms with Gasteiger partial charge in [0.15, 0.2) is 11.6 Å². The molecule has 1 amide bonds. The third-order valence-corrected chi connectivity index (χ3v) is 7.25. The van der Waals surface area contributed by atoms with Gasteiger partial charge in [0.05, 0.1) is 19.1 Å². The molecule has 1 aliphatic rings. The molecule has 0 aliphatic carbocycles. The van der Waals surface area contributed by atoms with Gasteiger partial charge in [0.1, 0.15) is 0 Å². The van der Waals surface area contributed by atoms with Crippen LogP contribution in [0.15, 0.2) is 47.4 Å². The van der Waals surface area contributed by atoms with Crippen molar-refractivity contribution in [3.8, 4) is 5.75 Å². The lowest BCUT2D eigenvalue weighted by molar-refractivity contribution is -0.0258. The molecule has 1 saturated heterocycles. The summed E-state index contributed by atoms with van der Waals surface area (Å²) < 4.78 is 44.1. The summed E-state index contributed by atoms with van der Waals surface area (Å²) in [6.45, 7) is 2.19. The van der Waals surface area contributed by atoms with E-state index in [-0.39, 0.29) is 28.4 Å². The number of ether oxygens (including phenoxy) is 1. The van der Waals surface area contributed by atoms with Gasteiger partial charge >= 0.3 is 0 Å². The number of benzene rings is 2. The van der Waals surface area contributed by atoms with Crippen LogP contribution in [0.4, 0.5) is 4.39 Å². The Labute approximate surface area is 187 Å². The summed E-state index contributed by atoms with van der Waals surface area (Å²) in [5.74, 6) is -0.393. The van der Waals surface area contributed by atoms with Gasteiger partial charge < -0.3 is 10.1 Å². The number of hydrogen-bond donors (Lipinski definition) is 1. The van der Waals surface area contributed by atoms with Gasteiger partial charge in [-0.05, 0) is 54.8 Å². The number of sulfonamides is 1. The lowest BCUT2D eigenvalue weighted by Crippen LogP contribution is -2.44. The number of methoxy groups -OCH3 is 1. The van der Waals surface area contributed by atoms with Gasteiger partial charge in [-0.25, -0.2) is 12.8 Å². The first-order chi connectivity index (χ1) is 15.2. The smallest absolute Gasteiger partial charge is 0.264 e. The van der Waals surface area contributed by atoms with E-state index in [9.17, 15) is 17.6 Å². The largest absolute Gasteiger partial charge is 0.494 e. The summed E-state index contributed by atoms with van der Waals surface area (Å²) >= 11 is 0. The normalized spacial score (nSPS) is 15.7. The van der Waals surface area contributed by atoms with Gasteiger partial charge in [-0.2, -0.15) is 0 Å². The molecule has 1 N–H and O–H groups in total. The molecule has 2 aromatic carbocycles. The van der Waals surface area contributed by atoms with Gasteiger partial charge in [0, 0.05) is 38.3 Å². The van der Waals surface area contributed by atoms with Crippen molar-refractivity contribution < 1.29 is 27.2 Å². The molecule has 0 saturated carbocycles. The number of piperidine rings is 1. The number of likely N-dealkylation sites (tertiary alicyclic amines) is 1. The summed E-state index contributed by atoms with van der Waals surface area (Å²) in [5.41, 5.74) is 1.26. The van der Waals surface area contributed by atoms with Crippen molar-refractivity contribution in [3.05, 3.63) is 59.4 Å². The predicted octanol–water partition coefficient (Wildman–Crippen LogP) is 2.41. The molecule has 0 spiro atoms. The summed E-state index contributed by atoms with van der Waals surface area (Å²) in [4.78, 5) is 19.6. The monoisotopic (exact) mass is 465 g/mol. The fourth-order valence-corrected chi connectivity index (χ4v) is 4.57. The van der Waals surface area contributed by atoms with Crippen molar-refractivity contribution in [2.24, 2.45) is 0 Å². The molecule has 32 heavy (non-hydrogen) atoms. The second kappa shape index (κ2) is 10.4. The molecule has 0 unspecified atom stereocenters. The summed E-state index contributed by atoms with van der Waals surface area (Å²) in [6.07, 6.45) is 1.55. The lowest BCUT2D eigenvalue weighted by atomic mass is 10.0. The minimum atomic E-state index is -3.75. The van der Waals surface area contributed by atoms with Crippen LogP contribution in [0.1, 0.15) is 28.8 Å². The fourth-order valence-electron chi connectivity index (χ4n) is 3.60. The first-order valence-electron chi connectivity index (χ1n) is 10.2. The van der Waals surface area contributed by atoms with E-state index in [4.69, 9.17) is 9.57 Å². The number of amides is 1. The molecule has 3 rings (SSSR count). The van der Waals surface area contributed by atoms with E-state index in [1.807, 2.05) is 6.07 Å². The van der Waals surface area contributed by atoms with E-state index in [2.05, 4.69) is 10.2 Å². The molecule has 1 heterocycles. The van der Waals surface area contributed by atoms with Crippen LogP contribution >= 0.6 is 0 Å². The van der Waals surface area contributed by atoms with E-state index in [1.165, 1.54) is 51.6 Å². The Hall–Kier alpha value is -2.53. The number of carbonyl (C=O) groups is 1. The Kier molecular flexibility index (Phi) is 7.83. The number of halogens is 1. The van der Waals surface area contributed by atoms with Gasteiger partial charge in [0.2, 0.25) is 0 Å². The molecule has 1 fully saturated rings. The topological polar surface area (TPSA) is 88.2 Å². The Morgan fingerprint density at radius 2 is 1.81 bits per heavy atom. The predicted molar refractivity (Wildman–Crippen MR) is 117 cm³/mol. The van der Waals surface area contributed by atoms with E-state index >= 15 is 0 Å². The number of nitrogens with one attached hydrogen (secondary N) is 1. The minimum absolute atomic E-state index is 0.0226. The first-order valence-corrected chi connectivity index (χ1v) is 11.7. The van der Waals surface area contributed by atoms with Crippen molar-refractivity contribution >= 4 is 15.9 Å². The van der Waals surface area contributed by atoms with Crippen molar-refractivity contribution in [2.75, 3.05) is 34.4 Å². The molecule has 0 atom stereocenters. The van der Waals surface area contributed by atoms with Crippen LogP contribution in [0.5, 0.6) is 5.75 Å². The van der Waals surface area contributed by atoms with Crippen molar-refractivity contribution in [1.29, 1.82) is 0 Å².